The monoisotopic (exact) mass is 528 g/mol. The molecule has 0 aliphatic rings. The molecule has 0 aromatic heterocycles. The topological polar surface area (TPSA) is 87.7 Å². The van der Waals surface area contributed by atoms with Gasteiger partial charge in [-0.05, 0) is 42.2 Å². The maximum absolute atomic E-state index is 13.9. The van der Waals surface area contributed by atoms with Gasteiger partial charge in [0.05, 0.1) is 18.4 Å². The van der Waals surface area contributed by atoms with E-state index in [0.717, 1.165) is 14.0 Å². The Morgan fingerprint density at radius 2 is 1.64 bits per heavy atom. The number of alkyl halides is 8. The van der Waals surface area contributed by atoms with E-state index in [4.69, 9.17) is 9.84 Å². The fraction of sp³-hybridized carbons (Fsp3) is 0.364. The number of para-hydroxylation sites is 1. The highest BCUT2D eigenvalue weighted by Crippen LogP contribution is 2.53. The minimum atomic E-state index is -6.47. The number of rotatable bonds is 7. The number of hydrogen-bond donors (Lipinski definition) is 3. The Balaban J connectivity index is 2.58. The highest BCUT2D eigenvalue weighted by atomic mass is 19.4. The number of ether oxygens (including phenoxy) is 1. The van der Waals surface area contributed by atoms with Crippen LogP contribution in [0.2, 0.25) is 0 Å². The van der Waals surface area contributed by atoms with Crippen molar-refractivity contribution in [2.45, 2.75) is 44.5 Å². The highest BCUT2D eigenvalue weighted by Gasteiger charge is 2.70. The van der Waals surface area contributed by atoms with Crippen LogP contribution in [0.15, 0.2) is 30.3 Å². The smallest absolute Gasteiger partial charge is 0.454 e. The van der Waals surface area contributed by atoms with Crippen LogP contribution in [0.4, 0.5) is 51.3 Å². The van der Waals surface area contributed by atoms with Gasteiger partial charge in [-0.1, -0.05) is 25.1 Å². The summed E-state index contributed by atoms with van der Waals surface area (Å²) in [5, 5.41) is 13.3. The number of carbonyl (C=O) groups excluding carboxylic acids is 1. The molecule has 0 aliphatic carbocycles. The van der Waals surface area contributed by atoms with Gasteiger partial charge in [-0.15, -0.1) is 0 Å². The Kier molecular flexibility index (Phi) is 8.11. The van der Waals surface area contributed by atoms with Crippen LogP contribution in [0.3, 0.4) is 0 Å². The van der Waals surface area contributed by atoms with Gasteiger partial charge in [0.2, 0.25) is 0 Å². The van der Waals surface area contributed by atoms with Gasteiger partial charge < -0.3 is 15.2 Å². The van der Waals surface area contributed by atoms with Crippen molar-refractivity contribution in [1.82, 2.24) is 0 Å². The molecule has 36 heavy (non-hydrogen) atoms. The van der Waals surface area contributed by atoms with Crippen molar-refractivity contribution in [2.75, 3.05) is 17.7 Å². The molecule has 14 heteroatoms. The van der Waals surface area contributed by atoms with E-state index in [-0.39, 0.29) is 40.2 Å². The molecule has 2 rings (SSSR count). The molecular weight excluding hydrogens is 508 g/mol. The average Bonchev–Trinajstić information content (AvgIpc) is 2.72. The van der Waals surface area contributed by atoms with Crippen LogP contribution < -0.4 is 15.4 Å². The van der Waals surface area contributed by atoms with E-state index in [1.165, 1.54) is 25.1 Å². The fourth-order valence-corrected chi connectivity index (χ4v) is 3.61. The second-order valence-electron chi connectivity index (χ2n) is 7.59. The Hall–Kier alpha value is -3.58. The number of carbonyl (C=O) groups is 2. The molecule has 0 heterocycles. The number of anilines is 2. The first-order valence-corrected chi connectivity index (χ1v) is 10.1. The second kappa shape index (κ2) is 10.2. The third-order valence-corrected chi connectivity index (χ3v) is 5.17. The van der Waals surface area contributed by atoms with Crippen molar-refractivity contribution in [1.29, 1.82) is 0 Å². The van der Waals surface area contributed by atoms with Crippen LogP contribution in [0.5, 0.6) is 5.75 Å². The summed E-state index contributed by atoms with van der Waals surface area (Å²) in [4.78, 5) is 23.9. The van der Waals surface area contributed by atoms with Crippen LogP contribution in [0.1, 0.15) is 39.9 Å². The molecular formula is C22H20F8N2O4. The molecule has 0 saturated heterocycles. The molecule has 0 aliphatic heterocycles. The molecule has 1 atom stereocenters. The number of methoxy groups -OCH3 is 1. The third kappa shape index (κ3) is 5.79. The molecule has 0 bridgehead atoms. The molecule has 198 valence electrons. The van der Waals surface area contributed by atoms with E-state index in [1.54, 1.807) is 0 Å². The van der Waals surface area contributed by atoms with Gasteiger partial charge in [-0.25, -0.2) is 4.79 Å². The first-order chi connectivity index (χ1) is 16.4. The third-order valence-electron chi connectivity index (χ3n) is 5.17. The number of halogens is 8. The molecule has 3 N–H and O–H groups in total. The van der Waals surface area contributed by atoms with Crippen molar-refractivity contribution in [3.63, 3.8) is 0 Å². The number of benzene rings is 2. The van der Waals surface area contributed by atoms with Crippen molar-refractivity contribution in [2.24, 2.45) is 0 Å². The lowest BCUT2D eigenvalue weighted by Crippen LogP contribution is -2.48. The van der Waals surface area contributed by atoms with Crippen molar-refractivity contribution >= 4 is 23.4 Å². The Bertz CT molecular complexity index is 1150. The van der Waals surface area contributed by atoms with Crippen LogP contribution in [-0.4, -0.2) is 42.5 Å². The van der Waals surface area contributed by atoms with Crippen LogP contribution in [0.25, 0.3) is 0 Å². The Labute approximate surface area is 199 Å². The maximum atomic E-state index is 13.9. The number of hydrogen-bond acceptors (Lipinski definition) is 3. The average molecular weight is 528 g/mol. The van der Waals surface area contributed by atoms with E-state index in [1.807, 2.05) is 5.32 Å². The molecule has 1 unspecified atom stereocenters. The van der Waals surface area contributed by atoms with Gasteiger partial charge in [-0.2, -0.15) is 35.1 Å². The normalized spacial score (nSPS) is 13.2. The summed E-state index contributed by atoms with van der Waals surface area (Å²) in [6.45, 7) is 2.54. The first kappa shape index (κ1) is 28.7. The summed E-state index contributed by atoms with van der Waals surface area (Å²) in [6, 6.07) is 4.90. The van der Waals surface area contributed by atoms with Gasteiger partial charge >= 0.3 is 24.4 Å². The van der Waals surface area contributed by atoms with E-state index in [9.17, 15) is 44.7 Å². The molecule has 0 spiro atoms. The fourth-order valence-electron chi connectivity index (χ4n) is 3.61. The quantitative estimate of drug-likeness (QED) is 0.347. The molecule has 0 radical (unpaired) electrons. The predicted molar refractivity (Wildman–Crippen MR) is 113 cm³/mol. The highest BCUT2D eigenvalue weighted by molar-refractivity contribution is 6.08. The molecule has 6 nitrogen and oxygen atoms in total. The predicted octanol–water partition coefficient (Wildman–Crippen LogP) is 6.75. The lowest BCUT2D eigenvalue weighted by Gasteiger charge is -2.31. The van der Waals surface area contributed by atoms with Gasteiger partial charge in [0.15, 0.2) is 11.7 Å². The first-order valence-electron chi connectivity index (χ1n) is 10.1. The van der Waals surface area contributed by atoms with Gasteiger partial charge in [0.1, 0.15) is 0 Å². The lowest BCUT2D eigenvalue weighted by molar-refractivity contribution is -0.326. The summed E-state index contributed by atoms with van der Waals surface area (Å²) in [5.74, 6) is -11.4. The van der Waals surface area contributed by atoms with Crippen LogP contribution in [-0.2, 0) is 6.42 Å². The number of amides is 2. The molecule has 0 fully saturated rings. The Morgan fingerprint density at radius 3 is 2.11 bits per heavy atom. The zero-order valence-electron chi connectivity index (χ0n) is 18.9. The van der Waals surface area contributed by atoms with Gasteiger partial charge in [0, 0.05) is 5.69 Å². The van der Waals surface area contributed by atoms with Crippen molar-refractivity contribution < 1.29 is 54.6 Å². The summed E-state index contributed by atoms with van der Waals surface area (Å²) < 4.78 is 112. The number of aryl methyl sites for hydroxylation is 2. The number of carboxylic acid groups (broad SMARTS) is 1. The van der Waals surface area contributed by atoms with Gasteiger partial charge in [-0.3, -0.25) is 10.1 Å². The molecule has 2 amide bonds. The van der Waals surface area contributed by atoms with Crippen LogP contribution >= 0.6 is 0 Å². The second-order valence-corrected chi connectivity index (χ2v) is 7.59. The zero-order chi connectivity index (χ0) is 27.6. The maximum Gasteiger partial charge on any atom is 0.454 e. The van der Waals surface area contributed by atoms with Gasteiger partial charge in [0.25, 0.3) is 5.91 Å². The standard InChI is InChI=1S/C22H20F8N2O4/c1-4-11-9-12(17(21(25,26)27)20(23,24)22(28,29)30)8-10(2)15(11)32-18(33)13-6-5-7-14(16(13)36-3)31-19(34)35/h5-9,17,31H,4H2,1-3H3,(H,32,33)(H,34,35). The minimum absolute atomic E-state index is 0.0946. The van der Waals surface area contributed by atoms with E-state index in [0.29, 0.717) is 12.1 Å². The lowest BCUT2D eigenvalue weighted by atomic mass is 9.87. The molecule has 0 saturated carbocycles. The van der Waals surface area contributed by atoms with E-state index in [2.05, 4.69) is 5.32 Å². The summed E-state index contributed by atoms with van der Waals surface area (Å²) >= 11 is 0. The molecule has 2 aromatic rings. The summed E-state index contributed by atoms with van der Waals surface area (Å²) in [6.07, 6.45) is -14.0. The SMILES string of the molecule is CCc1cc(C(C(F)(F)F)C(F)(F)C(F)(F)F)cc(C)c1NC(=O)c1cccc(NC(=O)O)c1OC. The van der Waals surface area contributed by atoms with Crippen molar-refractivity contribution in [3.05, 3.63) is 52.6 Å². The minimum Gasteiger partial charge on any atom is -0.494 e. The summed E-state index contributed by atoms with van der Waals surface area (Å²) in [7, 11) is 1.15. The van der Waals surface area contributed by atoms with Crippen LogP contribution in [0, 0.1) is 6.92 Å². The van der Waals surface area contributed by atoms with Crippen molar-refractivity contribution in [3.8, 4) is 5.75 Å². The zero-order valence-corrected chi connectivity index (χ0v) is 18.9. The Morgan fingerprint density at radius 1 is 1.03 bits per heavy atom. The van der Waals surface area contributed by atoms with E-state index >= 15 is 0 Å². The molecule has 2 aromatic carbocycles. The largest absolute Gasteiger partial charge is 0.494 e. The number of nitrogens with one attached hydrogen (secondary N) is 2. The van der Waals surface area contributed by atoms with E-state index < -0.39 is 41.8 Å². The summed E-state index contributed by atoms with van der Waals surface area (Å²) in [5.41, 5.74) is -2.05.